The molecule has 2 atom stereocenters. The van der Waals surface area contributed by atoms with Gasteiger partial charge in [0, 0.05) is 13.1 Å². The minimum atomic E-state index is -0.518. The second-order valence-corrected chi connectivity index (χ2v) is 6.22. The zero-order valence-corrected chi connectivity index (χ0v) is 13.3. The molecule has 0 bridgehead atoms. The van der Waals surface area contributed by atoms with Crippen LogP contribution in [0.5, 0.6) is 0 Å². The van der Waals surface area contributed by atoms with Crippen LogP contribution in [-0.4, -0.2) is 48.4 Å². The van der Waals surface area contributed by atoms with Crippen LogP contribution in [-0.2, 0) is 9.59 Å². The quantitative estimate of drug-likeness (QED) is 0.557. The molecule has 21 heavy (non-hydrogen) atoms. The first-order valence-electron chi connectivity index (χ1n) is 8.01. The summed E-state index contributed by atoms with van der Waals surface area (Å²) in [6, 6.07) is -0.869. The highest BCUT2D eigenvalue weighted by Gasteiger charge is 2.35. The summed E-state index contributed by atoms with van der Waals surface area (Å²) in [6.45, 7) is 5.98. The Morgan fingerprint density at radius 3 is 2.67 bits per heavy atom. The lowest BCUT2D eigenvalue weighted by molar-refractivity contribution is -0.139. The molecule has 1 heterocycles. The summed E-state index contributed by atoms with van der Waals surface area (Å²) >= 11 is 0. The van der Waals surface area contributed by atoms with E-state index in [4.69, 9.17) is 11.5 Å². The second-order valence-electron chi connectivity index (χ2n) is 6.22. The van der Waals surface area contributed by atoms with E-state index in [1.807, 2.05) is 13.8 Å². The van der Waals surface area contributed by atoms with Crippen molar-refractivity contribution in [2.75, 3.05) is 19.6 Å². The van der Waals surface area contributed by atoms with Crippen molar-refractivity contribution in [3.63, 3.8) is 0 Å². The van der Waals surface area contributed by atoms with Gasteiger partial charge in [0.05, 0.1) is 6.04 Å². The van der Waals surface area contributed by atoms with Crippen molar-refractivity contribution < 1.29 is 9.59 Å². The monoisotopic (exact) mass is 298 g/mol. The van der Waals surface area contributed by atoms with Crippen LogP contribution in [0.25, 0.3) is 0 Å². The first-order valence-corrected chi connectivity index (χ1v) is 8.01. The molecule has 6 nitrogen and oxygen atoms in total. The third kappa shape index (κ3) is 5.63. The molecule has 1 fully saturated rings. The van der Waals surface area contributed by atoms with Crippen LogP contribution in [0.3, 0.4) is 0 Å². The van der Waals surface area contributed by atoms with Gasteiger partial charge >= 0.3 is 0 Å². The van der Waals surface area contributed by atoms with Crippen LogP contribution in [0.2, 0.25) is 0 Å². The molecule has 2 amide bonds. The summed E-state index contributed by atoms with van der Waals surface area (Å²) < 4.78 is 0. The van der Waals surface area contributed by atoms with Gasteiger partial charge in [0.2, 0.25) is 11.8 Å². The summed E-state index contributed by atoms with van der Waals surface area (Å²) in [5, 5.41) is 2.91. The highest BCUT2D eigenvalue weighted by molar-refractivity contribution is 5.90. The number of nitrogens with zero attached hydrogens (tertiary/aromatic N) is 1. The molecule has 0 saturated carbocycles. The Morgan fingerprint density at radius 2 is 2.05 bits per heavy atom. The molecular formula is C15H30N4O2. The highest BCUT2D eigenvalue weighted by atomic mass is 16.2. The number of amides is 2. The first-order chi connectivity index (χ1) is 9.97. The zero-order valence-electron chi connectivity index (χ0n) is 13.3. The Bertz CT molecular complexity index is 347. The first kappa shape index (κ1) is 17.9. The fraction of sp³-hybridized carbons (Fsp3) is 0.867. The van der Waals surface area contributed by atoms with Crippen LogP contribution in [0.1, 0.15) is 46.0 Å². The lowest BCUT2D eigenvalue weighted by atomic mass is 10.1. The molecule has 1 aliphatic rings. The average Bonchev–Trinajstić information content (AvgIpc) is 2.93. The van der Waals surface area contributed by atoms with E-state index in [0.717, 1.165) is 25.7 Å². The average molecular weight is 298 g/mol. The van der Waals surface area contributed by atoms with Crippen LogP contribution in [0, 0.1) is 5.92 Å². The molecule has 0 unspecified atom stereocenters. The Kier molecular flexibility index (Phi) is 7.67. The summed E-state index contributed by atoms with van der Waals surface area (Å²) in [5.41, 5.74) is 11.4. The Balaban J connectivity index is 2.51. The molecular weight excluding hydrogens is 268 g/mol. The fourth-order valence-electron chi connectivity index (χ4n) is 2.57. The maximum Gasteiger partial charge on any atom is 0.242 e. The van der Waals surface area contributed by atoms with Gasteiger partial charge in [0.15, 0.2) is 0 Å². The number of unbranched alkanes of at least 4 members (excludes halogenated alkanes) is 1. The van der Waals surface area contributed by atoms with Crippen LogP contribution < -0.4 is 16.8 Å². The minimum absolute atomic E-state index is 0.0521. The Morgan fingerprint density at radius 1 is 1.33 bits per heavy atom. The Labute approximate surface area is 127 Å². The molecule has 0 aromatic carbocycles. The van der Waals surface area contributed by atoms with E-state index in [-0.39, 0.29) is 17.9 Å². The fourth-order valence-corrected chi connectivity index (χ4v) is 2.57. The highest BCUT2D eigenvalue weighted by Crippen LogP contribution is 2.19. The molecule has 1 aliphatic heterocycles. The summed E-state index contributed by atoms with van der Waals surface area (Å²) in [5.74, 6) is 0.246. The molecule has 1 rings (SSSR count). The largest absolute Gasteiger partial charge is 0.354 e. The van der Waals surface area contributed by atoms with E-state index in [1.54, 1.807) is 4.90 Å². The number of nitrogens with one attached hydrogen (secondary N) is 1. The Hall–Kier alpha value is -1.14. The lowest BCUT2D eigenvalue weighted by Crippen LogP contribution is -2.51. The smallest absolute Gasteiger partial charge is 0.242 e. The van der Waals surface area contributed by atoms with Gasteiger partial charge in [-0.3, -0.25) is 9.59 Å². The van der Waals surface area contributed by atoms with Crippen molar-refractivity contribution in [2.45, 2.75) is 58.0 Å². The van der Waals surface area contributed by atoms with Gasteiger partial charge in [-0.1, -0.05) is 20.3 Å². The van der Waals surface area contributed by atoms with Crippen molar-refractivity contribution in [3.05, 3.63) is 0 Å². The summed E-state index contributed by atoms with van der Waals surface area (Å²) in [7, 11) is 0. The lowest BCUT2D eigenvalue weighted by Gasteiger charge is -2.27. The molecule has 5 N–H and O–H groups in total. The van der Waals surface area contributed by atoms with Gasteiger partial charge < -0.3 is 21.7 Å². The number of likely N-dealkylation sites (tertiary alicyclic amines) is 1. The third-order valence-electron chi connectivity index (χ3n) is 3.81. The topological polar surface area (TPSA) is 101 Å². The van der Waals surface area contributed by atoms with E-state index in [9.17, 15) is 9.59 Å². The SMILES string of the molecule is CC(C)CNC(=O)[C@@H]1CCCN1C(=O)[C@@H](N)CCCCN. The van der Waals surface area contributed by atoms with Gasteiger partial charge in [0.1, 0.15) is 6.04 Å². The second kappa shape index (κ2) is 9.00. The number of hydrogen-bond acceptors (Lipinski definition) is 4. The predicted octanol–water partition coefficient (Wildman–Crippen LogP) is 0.206. The van der Waals surface area contributed by atoms with Crippen LogP contribution >= 0.6 is 0 Å². The van der Waals surface area contributed by atoms with Crippen molar-refractivity contribution in [1.82, 2.24) is 10.2 Å². The van der Waals surface area contributed by atoms with Gasteiger partial charge in [-0.2, -0.15) is 0 Å². The van der Waals surface area contributed by atoms with Crippen LogP contribution in [0.4, 0.5) is 0 Å². The molecule has 0 aromatic heterocycles. The van der Waals surface area contributed by atoms with Crippen molar-refractivity contribution >= 4 is 11.8 Å². The molecule has 1 saturated heterocycles. The van der Waals surface area contributed by atoms with E-state index in [1.165, 1.54) is 0 Å². The third-order valence-corrected chi connectivity index (χ3v) is 3.81. The minimum Gasteiger partial charge on any atom is -0.354 e. The maximum absolute atomic E-state index is 12.4. The number of carbonyl (C=O) groups excluding carboxylic acids is 2. The standard InChI is InChI=1S/C15H30N4O2/c1-11(2)10-18-14(20)13-7-5-9-19(13)15(21)12(17)6-3-4-8-16/h11-13H,3-10,16-17H2,1-2H3,(H,18,20)/t12-,13-/m0/s1. The number of hydrogen-bond donors (Lipinski definition) is 3. The number of rotatable bonds is 8. The molecule has 0 spiro atoms. The van der Waals surface area contributed by atoms with E-state index < -0.39 is 6.04 Å². The molecule has 122 valence electrons. The van der Waals surface area contributed by atoms with E-state index in [0.29, 0.717) is 32.0 Å². The number of nitrogens with two attached hydrogens (primary N) is 2. The normalized spacial score (nSPS) is 19.9. The van der Waals surface area contributed by atoms with Gasteiger partial charge in [-0.25, -0.2) is 0 Å². The maximum atomic E-state index is 12.4. The molecule has 6 heteroatoms. The summed E-state index contributed by atoms with van der Waals surface area (Å²) in [4.78, 5) is 26.2. The summed E-state index contributed by atoms with van der Waals surface area (Å²) in [6.07, 6.45) is 3.94. The van der Waals surface area contributed by atoms with Gasteiger partial charge in [-0.05, 0) is 38.1 Å². The zero-order chi connectivity index (χ0) is 15.8. The van der Waals surface area contributed by atoms with Crippen molar-refractivity contribution in [2.24, 2.45) is 17.4 Å². The van der Waals surface area contributed by atoms with E-state index in [2.05, 4.69) is 5.32 Å². The molecule has 0 radical (unpaired) electrons. The predicted molar refractivity (Wildman–Crippen MR) is 83.5 cm³/mol. The van der Waals surface area contributed by atoms with Gasteiger partial charge in [-0.15, -0.1) is 0 Å². The van der Waals surface area contributed by atoms with E-state index >= 15 is 0 Å². The molecule has 0 aliphatic carbocycles. The van der Waals surface area contributed by atoms with Crippen LogP contribution in [0.15, 0.2) is 0 Å². The van der Waals surface area contributed by atoms with Crippen molar-refractivity contribution in [1.29, 1.82) is 0 Å². The van der Waals surface area contributed by atoms with Gasteiger partial charge in [0.25, 0.3) is 0 Å². The van der Waals surface area contributed by atoms with Crippen molar-refractivity contribution in [3.8, 4) is 0 Å². The number of carbonyl (C=O) groups is 2. The molecule has 0 aromatic rings.